The van der Waals surface area contributed by atoms with Crippen molar-refractivity contribution in [1.82, 2.24) is 15.1 Å². The molecule has 2 aliphatic rings. The minimum Gasteiger partial charge on any atom is -0.407 e. The van der Waals surface area contributed by atoms with Crippen LogP contribution in [0.5, 0.6) is 0 Å². The van der Waals surface area contributed by atoms with Crippen LogP contribution < -0.4 is 5.32 Å². The summed E-state index contributed by atoms with van der Waals surface area (Å²) in [4.78, 5) is 2.13. The number of rotatable bonds is 5. The molecule has 1 N–H and O–H groups in total. The first kappa shape index (κ1) is 22.3. The van der Waals surface area contributed by atoms with Crippen molar-refractivity contribution in [2.75, 3.05) is 43.1 Å². The zero-order valence-electron chi connectivity index (χ0n) is 18.4. The van der Waals surface area contributed by atoms with E-state index < -0.39 is 5.79 Å². The molecule has 0 spiro atoms. The minimum absolute atomic E-state index is 0.109. The van der Waals surface area contributed by atoms with E-state index in [0.717, 1.165) is 41.3 Å². The number of thioether (sulfide) groups is 1. The summed E-state index contributed by atoms with van der Waals surface area (Å²) in [6.45, 7) is 4.98. The number of thiocarbonyl (C=S) groups is 1. The fourth-order valence-corrected chi connectivity index (χ4v) is 5.30. The molecule has 2 saturated heterocycles. The molecule has 3 aromatic rings. The highest BCUT2D eigenvalue weighted by molar-refractivity contribution is 7.99. The van der Waals surface area contributed by atoms with Gasteiger partial charge in [0.15, 0.2) is 5.11 Å². The van der Waals surface area contributed by atoms with E-state index in [1.807, 2.05) is 61.2 Å². The zero-order valence-corrected chi connectivity index (χ0v) is 20.0. The highest BCUT2D eigenvalue weighted by Gasteiger charge is 2.40. The summed E-state index contributed by atoms with van der Waals surface area (Å²) in [5.74, 6) is 1.65. The molecule has 2 aliphatic heterocycles. The van der Waals surface area contributed by atoms with E-state index in [2.05, 4.69) is 32.5 Å². The molecular weight excluding hydrogens is 456 g/mol. The number of hydrogen-bond donors (Lipinski definition) is 1. The molecule has 1 aromatic heterocycles. The van der Waals surface area contributed by atoms with Gasteiger partial charge in [0.1, 0.15) is 0 Å². The molecule has 5 rings (SSSR count). The van der Waals surface area contributed by atoms with Crippen molar-refractivity contribution in [2.45, 2.75) is 18.6 Å². The van der Waals surface area contributed by atoms with Gasteiger partial charge in [-0.25, -0.2) is 0 Å². The molecule has 1 atom stereocenters. The summed E-state index contributed by atoms with van der Waals surface area (Å²) in [5.41, 5.74) is 2.95. The number of ether oxygens (including phenoxy) is 2. The predicted octanol–water partition coefficient (Wildman–Crippen LogP) is 4.21. The largest absolute Gasteiger partial charge is 0.407 e. The van der Waals surface area contributed by atoms with Gasteiger partial charge in [0.25, 0.3) is 0 Å². The quantitative estimate of drug-likeness (QED) is 0.538. The summed E-state index contributed by atoms with van der Waals surface area (Å²) < 4.78 is 18.2. The summed E-state index contributed by atoms with van der Waals surface area (Å²) in [7, 11) is 0. The standard InChI is InChI=1S/C24H26N4O3S2/c1-17(21-26-27-22(31-21)25-23(32)28-10-14-33-15-11-28)18-6-5-9-20(16-18)24(29-12-13-30-24)19-7-3-2-4-8-19/h2-9,16-17H,10-15H2,1H3,(H,25,27,32). The second-order valence-corrected chi connectivity index (χ2v) is 9.61. The highest BCUT2D eigenvalue weighted by atomic mass is 32.2. The molecule has 0 saturated carbocycles. The smallest absolute Gasteiger partial charge is 0.321 e. The van der Waals surface area contributed by atoms with Crippen LogP contribution in [0.25, 0.3) is 0 Å². The summed E-state index contributed by atoms with van der Waals surface area (Å²) in [6.07, 6.45) is 0. The van der Waals surface area contributed by atoms with Gasteiger partial charge in [-0.1, -0.05) is 53.6 Å². The molecule has 0 amide bonds. The topological polar surface area (TPSA) is 72.7 Å². The molecule has 2 fully saturated rings. The number of hydrogen-bond acceptors (Lipinski definition) is 7. The third-order valence-corrected chi connectivity index (χ3v) is 7.24. The number of nitrogens with one attached hydrogen (secondary N) is 1. The normalized spacial score (nSPS) is 18.8. The van der Waals surface area contributed by atoms with E-state index in [0.29, 0.717) is 30.2 Å². The van der Waals surface area contributed by atoms with Crippen molar-refractivity contribution in [2.24, 2.45) is 0 Å². The van der Waals surface area contributed by atoms with Gasteiger partial charge in [0, 0.05) is 35.7 Å². The van der Waals surface area contributed by atoms with Crippen molar-refractivity contribution in [3.8, 4) is 0 Å². The van der Waals surface area contributed by atoms with Gasteiger partial charge < -0.3 is 18.8 Å². The Balaban J connectivity index is 1.35. The first-order chi connectivity index (χ1) is 16.2. The maximum atomic E-state index is 6.15. The molecular formula is C24H26N4O3S2. The lowest BCUT2D eigenvalue weighted by Crippen LogP contribution is -2.40. The number of benzene rings is 2. The molecule has 0 radical (unpaired) electrons. The average Bonchev–Trinajstić information content (AvgIpc) is 3.56. The van der Waals surface area contributed by atoms with Gasteiger partial charge in [-0.05, 0) is 30.8 Å². The maximum Gasteiger partial charge on any atom is 0.321 e. The Morgan fingerprint density at radius 3 is 2.52 bits per heavy atom. The molecule has 0 aliphatic carbocycles. The van der Waals surface area contributed by atoms with Gasteiger partial charge in [0.2, 0.25) is 11.7 Å². The van der Waals surface area contributed by atoms with Gasteiger partial charge in [0.05, 0.1) is 19.1 Å². The SMILES string of the molecule is CC(c1cccc(C2(c3ccccc3)OCCO2)c1)c1nnc(NC(=S)N2CCSCC2)o1. The first-order valence-electron chi connectivity index (χ1n) is 11.1. The third-order valence-electron chi connectivity index (χ3n) is 5.94. The van der Waals surface area contributed by atoms with Crippen LogP contribution >= 0.6 is 24.0 Å². The van der Waals surface area contributed by atoms with Crippen molar-refractivity contribution < 1.29 is 13.9 Å². The van der Waals surface area contributed by atoms with Crippen LogP contribution in [-0.2, 0) is 15.3 Å². The van der Waals surface area contributed by atoms with Crippen LogP contribution in [-0.4, -0.2) is 58.0 Å². The number of aromatic nitrogens is 2. The van der Waals surface area contributed by atoms with Gasteiger partial charge in [-0.3, -0.25) is 5.32 Å². The second kappa shape index (κ2) is 9.80. The molecule has 9 heteroatoms. The third kappa shape index (κ3) is 4.63. The van der Waals surface area contributed by atoms with Crippen LogP contribution in [0, 0.1) is 0 Å². The van der Waals surface area contributed by atoms with Crippen LogP contribution in [0.15, 0.2) is 59.0 Å². The molecule has 3 heterocycles. The van der Waals surface area contributed by atoms with Gasteiger partial charge in [-0.15, -0.1) is 5.10 Å². The summed E-state index contributed by atoms with van der Waals surface area (Å²) in [5, 5.41) is 12.1. The van der Waals surface area contributed by atoms with E-state index in [1.165, 1.54) is 0 Å². The molecule has 33 heavy (non-hydrogen) atoms. The average molecular weight is 483 g/mol. The summed E-state index contributed by atoms with van der Waals surface area (Å²) >= 11 is 7.45. The van der Waals surface area contributed by atoms with Crippen LogP contribution in [0.2, 0.25) is 0 Å². The lowest BCUT2D eigenvalue weighted by atomic mass is 9.92. The van der Waals surface area contributed by atoms with Crippen LogP contribution in [0.3, 0.4) is 0 Å². The Morgan fingerprint density at radius 1 is 1.03 bits per heavy atom. The Morgan fingerprint density at radius 2 is 1.76 bits per heavy atom. The van der Waals surface area contributed by atoms with Crippen molar-refractivity contribution in [1.29, 1.82) is 0 Å². The number of anilines is 1. The molecule has 172 valence electrons. The minimum atomic E-state index is -0.905. The molecule has 7 nitrogen and oxygen atoms in total. The predicted molar refractivity (Wildman–Crippen MR) is 133 cm³/mol. The van der Waals surface area contributed by atoms with Crippen molar-refractivity contribution >= 4 is 35.1 Å². The Kier molecular flexibility index (Phi) is 6.64. The molecule has 0 bridgehead atoms. The fraction of sp³-hybridized carbons (Fsp3) is 0.375. The van der Waals surface area contributed by atoms with Crippen molar-refractivity contribution in [3.05, 3.63) is 77.2 Å². The van der Waals surface area contributed by atoms with E-state index in [-0.39, 0.29) is 5.92 Å². The lowest BCUT2D eigenvalue weighted by Gasteiger charge is -2.29. The first-order valence-corrected chi connectivity index (χ1v) is 12.6. The van der Waals surface area contributed by atoms with E-state index in [9.17, 15) is 0 Å². The Hall–Kier alpha value is -2.46. The van der Waals surface area contributed by atoms with E-state index in [1.54, 1.807) is 0 Å². The van der Waals surface area contributed by atoms with E-state index in [4.69, 9.17) is 26.1 Å². The highest BCUT2D eigenvalue weighted by Crippen LogP contribution is 2.39. The second-order valence-electron chi connectivity index (χ2n) is 8.00. The fourth-order valence-electron chi connectivity index (χ4n) is 4.12. The molecule has 1 unspecified atom stereocenters. The Bertz CT molecular complexity index is 1100. The van der Waals surface area contributed by atoms with Crippen molar-refractivity contribution in [3.63, 3.8) is 0 Å². The van der Waals surface area contributed by atoms with E-state index >= 15 is 0 Å². The monoisotopic (exact) mass is 482 g/mol. The van der Waals surface area contributed by atoms with Gasteiger partial charge >= 0.3 is 6.01 Å². The zero-order chi connectivity index (χ0) is 22.7. The van der Waals surface area contributed by atoms with Gasteiger partial charge in [-0.2, -0.15) is 11.8 Å². The van der Waals surface area contributed by atoms with Crippen LogP contribution in [0.1, 0.15) is 35.4 Å². The maximum absolute atomic E-state index is 6.15. The summed E-state index contributed by atoms with van der Waals surface area (Å²) in [6, 6.07) is 18.5. The Labute approximate surface area is 202 Å². The lowest BCUT2D eigenvalue weighted by molar-refractivity contribution is -0.129. The number of nitrogens with zero attached hydrogens (tertiary/aromatic N) is 3. The van der Waals surface area contributed by atoms with Crippen LogP contribution in [0.4, 0.5) is 6.01 Å². The molecule has 2 aromatic carbocycles.